The summed E-state index contributed by atoms with van der Waals surface area (Å²) in [6.07, 6.45) is 1.80. The monoisotopic (exact) mass is 213 g/mol. The number of nitrogens with zero attached hydrogens (tertiary/aromatic N) is 3. The van der Waals surface area contributed by atoms with E-state index in [1.807, 2.05) is 0 Å². The Morgan fingerprint density at radius 3 is 2.47 bits per heavy atom. The van der Waals surface area contributed by atoms with Crippen molar-refractivity contribution in [2.45, 2.75) is 18.9 Å². The Kier molecular flexibility index (Phi) is 3.23. The van der Waals surface area contributed by atoms with Crippen LogP contribution in [-0.2, 0) is 4.79 Å². The number of rotatable bonds is 2. The number of carbonyl (C=O) groups is 1. The Balaban J connectivity index is 1.94. The van der Waals surface area contributed by atoms with Crippen molar-refractivity contribution in [2.75, 3.05) is 39.8 Å². The summed E-state index contributed by atoms with van der Waals surface area (Å²) in [6.45, 7) is 4.88. The lowest BCUT2D eigenvalue weighted by atomic mass is 10.2. The van der Waals surface area contributed by atoms with Crippen LogP contribution in [0.5, 0.6) is 0 Å². The average molecular weight is 213 g/mol. The van der Waals surface area contributed by atoms with Crippen LogP contribution in [0.2, 0.25) is 0 Å². The second-order valence-corrected chi connectivity index (χ2v) is 4.42. The van der Waals surface area contributed by atoms with Gasteiger partial charge in [-0.3, -0.25) is 4.79 Å². The van der Waals surface area contributed by atoms with Gasteiger partial charge in [0.2, 0.25) is 0 Å². The molecule has 0 bridgehead atoms. The highest BCUT2D eigenvalue weighted by atomic mass is 16.4. The van der Waals surface area contributed by atoms with Crippen LogP contribution < -0.4 is 0 Å². The number of hydrogen-bond donors (Lipinski definition) is 1. The van der Waals surface area contributed by atoms with E-state index in [-0.39, 0.29) is 6.04 Å². The summed E-state index contributed by atoms with van der Waals surface area (Å²) in [7, 11) is 2.11. The van der Waals surface area contributed by atoms with Gasteiger partial charge in [0.1, 0.15) is 6.04 Å². The fraction of sp³-hybridized carbons (Fsp3) is 0.900. The number of likely N-dealkylation sites (N-methyl/N-ethyl adjacent to an activating group) is 1. The number of piperazine rings is 1. The minimum atomic E-state index is -0.675. The van der Waals surface area contributed by atoms with Gasteiger partial charge in [-0.1, -0.05) is 0 Å². The number of hydrazine groups is 1. The van der Waals surface area contributed by atoms with Gasteiger partial charge in [-0.25, -0.2) is 10.0 Å². The first-order valence-corrected chi connectivity index (χ1v) is 5.61. The molecule has 0 aromatic carbocycles. The van der Waals surface area contributed by atoms with E-state index < -0.39 is 5.97 Å². The molecule has 0 spiro atoms. The molecule has 0 aromatic heterocycles. The van der Waals surface area contributed by atoms with Gasteiger partial charge in [0, 0.05) is 32.7 Å². The molecule has 1 N–H and O–H groups in total. The second kappa shape index (κ2) is 4.47. The molecule has 0 aliphatic carbocycles. The topological polar surface area (TPSA) is 47.0 Å². The molecule has 0 saturated carbocycles. The van der Waals surface area contributed by atoms with Crippen LogP contribution in [0.15, 0.2) is 0 Å². The van der Waals surface area contributed by atoms with Crippen molar-refractivity contribution < 1.29 is 9.90 Å². The van der Waals surface area contributed by atoms with Crippen LogP contribution in [0.4, 0.5) is 0 Å². The maximum Gasteiger partial charge on any atom is 0.322 e. The number of aliphatic carboxylic acids is 1. The molecule has 5 nitrogen and oxygen atoms in total. The standard InChI is InChI=1S/C10H19N3O2/c1-11-5-7-12(8-6-11)13-4-2-3-9(13)10(14)15/h9H,2-8H2,1H3,(H,14,15)/t9-/m0/s1. The Hall–Kier alpha value is -0.650. The van der Waals surface area contributed by atoms with E-state index in [0.717, 1.165) is 45.6 Å². The summed E-state index contributed by atoms with van der Waals surface area (Å²) >= 11 is 0. The summed E-state index contributed by atoms with van der Waals surface area (Å²) in [6, 6.07) is -0.284. The minimum absolute atomic E-state index is 0.284. The molecular weight excluding hydrogens is 194 g/mol. The fourth-order valence-electron chi connectivity index (χ4n) is 2.39. The van der Waals surface area contributed by atoms with E-state index in [1.54, 1.807) is 0 Å². The molecule has 2 rings (SSSR count). The molecule has 86 valence electrons. The van der Waals surface area contributed by atoms with Crippen molar-refractivity contribution in [3.63, 3.8) is 0 Å². The van der Waals surface area contributed by atoms with Gasteiger partial charge in [0.15, 0.2) is 0 Å². The van der Waals surface area contributed by atoms with E-state index in [9.17, 15) is 4.79 Å². The third-order valence-corrected chi connectivity index (χ3v) is 3.35. The molecule has 2 heterocycles. The Morgan fingerprint density at radius 2 is 1.87 bits per heavy atom. The largest absolute Gasteiger partial charge is 0.480 e. The van der Waals surface area contributed by atoms with Gasteiger partial charge in [-0.2, -0.15) is 0 Å². The molecule has 2 saturated heterocycles. The summed E-state index contributed by atoms with van der Waals surface area (Å²) in [5, 5.41) is 13.4. The first-order chi connectivity index (χ1) is 7.18. The number of carboxylic acid groups (broad SMARTS) is 1. The number of hydrogen-bond acceptors (Lipinski definition) is 4. The lowest BCUT2D eigenvalue weighted by Gasteiger charge is -2.39. The highest BCUT2D eigenvalue weighted by molar-refractivity contribution is 5.73. The van der Waals surface area contributed by atoms with Gasteiger partial charge >= 0.3 is 5.97 Å². The van der Waals surface area contributed by atoms with E-state index in [4.69, 9.17) is 5.11 Å². The molecule has 0 unspecified atom stereocenters. The van der Waals surface area contributed by atoms with Crippen molar-refractivity contribution in [1.29, 1.82) is 0 Å². The van der Waals surface area contributed by atoms with Gasteiger partial charge in [0.25, 0.3) is 0 Å². The lowest BCUT2D eigenvalue weighted by molar-refractivity contribution is -0.151. The van der Waals surface area contributed by atoms with Crippen LogP contribution in [0.25, 0.3) is 0 Å². The molecule has 2 fully saturated rings. The molecular formula is C10H19N3O2. The summed E-state index contributed by atoms with van der Waals surface area (Å²) in [4.78, 5) is 13.3. The third kappa shape index (κ3) is 2.30. The molecule has 5 heteroatoms. The van der Waals surface area contributed by atoms with E-state index >= 15 is 0 Å². The average Bonchev–Trinajstić information content (AvgIpc) is 2.67. The smallest absolute Gasteiger partial charge is 0.322 e. The summed E-state index contributed by atoms with van der Waals surface area (Å²) < 4.78 is 0. The van der Waals surface area contributed by atoms with Crippen LogP contribution >= 0.6 is 0 Å². The second-order valence-electron chi connectivity index (χ2n) is 4.42. The van der Waals surface area contributed by atoms with Crippen LogP contribution in [-0.4, -0.2) is 71.8 Å². The zero-order valence-corrected chi connectivity index (χ0v) is 9.22. The molecule has 15 heavy (non-hydrogen) atoms. The maximum atomic E-state index is 11.0. The normalized spacial score (nSPS) is 30.9. The summed E-state index contributed by atoms with van der Waals surface area (Å²) in [5.41, 5.74) is 0. The lowest BCUT2D eigenvalue weighted by Crippen LogP contribution is -2.55. The Labute approximate surface area is 90.2 Å². The van der Waals surface area contributed by atoms with Gasteiger partial charge in [-0.15, -0.1) is 0 Å². The molecule has 0 aromatic rings. The zero-order chi connectivity index (χ0) is 10.8. The molecule has 1 atom stereocenters. The van der Waals surface area contributed by atoms with Crippen molar-refractivity contribution >= 4 is 5.97 Å². The van der Waals surface area contributed by atoms with Crippen molar-refractivity contribution in [3.05, 3.63) is 0 Å². The van der Waals surface area contributed by atoms with Crippen molar-refractivity contribution in [3.8, 4) is 0 Å². The first-order valence-electron chi connectivity index (χ1n) is 5.61. The fourth-order valence-corrected chi connectivity index (χ4v) is 2.39. The minimum Gasteiger partial charge on any atom is -0.480 e. The zero-order valence-electron chi connectivity index (χ0n) is 9.22. The van der Waals surface area contributed by atoms with Crippen LogP contribution in [0.3, 0.4) is 0 Å². The van der Waals surface area contributed by atoms with E-state index in [2.05, 4.69) is 22.0 Å². The predicted octanol–water partition coefficient (Wildman–Crippen LogP) is -0.302. The SMILES string of the molecule is CN1CCN(N2CCC[C@H]2C(=O)O)CC1. The van der Waals surface area contributed by atoms with Crippen molar-refractivity contribution in [2.24, 2.45) is 0 Å². The quantitative estimate of drug-likeness (QED) is 0.682. The molecule has 0 amide bonds. The summed E-state index contributed by atoms with van der Waals surface area (Å²) in [5.74, 6) is -0.675. The first kappa shape index (κ1) is 10.9. The number of carboxylic acids is 1. The molecule has 2 aliphatic heterocycles. The van der Waals surface area contributed by atoms with Crippen LogP contribution in [0, 0.1) is 0 Å². The van der Waals surface area contributed by atoms with Gasteiger partial charge in [0.05, 0.1) is 0 Å². The predicted molar refractivity (Wildman–Crippen MR) is 56.4 cm³/mol. The maximum absolute atomic E-state index is 11.0. The third-order valence-electron chi connectivity index (χ3n) is 3.35. The highest BCUT2D eigenvalue weighted by Crippen LogP contribution is 2.20. The van der Waals surface area contributed by atoms with E-state index in [0.29, 0.717) is 0 Å². The Bertz CT molecular complexity index is 239. The van der Waals surface area contributed by atoms with Crippen LogP contribution in [0.1, 0.15) is 12.8 Å². The van der Waals surface area contributed by atoms with Gasteiger partial charge < -0.3 is 10.0 Å². The highest BCUT2D eigenvalue weighted by Gasteiger charge is 2.35. The van der Waals surface area contributed by atoms with Gasteiger partial charge in [-0.05, 0) is 19.9 Å². The van der Waals surface area contributed by atoms with E-state index in [1.165, 1.54) is 0 Å². The molecule has 2 aliphatic rings. The Morgan fingerprint density at radius 1 is 1.20 bits per heavy atom. The van der Waals surface area contributed by atoms with Crippen molar-refractivity contribution in [1.82, 2.24) is 14.9 Å². The molecule has 0 radical (unpaired) electrons.